The molecule has 2 aromatic rings. The van der Waals surface area contributed by atoms with E-state index in [1.807, 2.05) is 48.5 Å². The molecule has 0 amide bonds. The first-order valence-electron chi connectivity index (χ1n) is 19.6. The number of hydrogen-bond donors (Lipinski definition) is 0. The Morgan fingerprint density at radius 2 is 0.896 bits per heavy atom. The summed E-state index contributed by atoms with van der Waals surface area (Å²) in [6, 6.07) is 15.6. The van der Waals surface area contributed by atoms with Gasteiger partial charge in [0.1, 0.15) is 11.5 Å². The summed E-state index contributed by atoms with van der Waals surface area (Å²) in [6.07, 6.45) is 18.0. The highest BCUT2D eigenvalue weighted by Crippen LogP contribution is 2.26. The molecule has 6 heteroatoms. The highest BCUT2D eigenvalue weighted by atomic mass is 16.5. The summed E-state index contributed by atoms with van der Waals surface area (Å²) in [7, 11) is 0. The van der Waals surface area contributed by atoms with Gasteiger partial charge in [0, 0.05) is 36.1 Å². The number of carbonyl (C=O) groups excluding carboxylic acids is 2. The molecule has 0 saturated carbocycles. The van der Waals surface area contributed by atoms with E-state index in [0.717, 1.165) is 87.6 Å². The summed E-state index contributed by atoms with van der Waals surface area (Å²) < 4.78 is 11.9. The molecule has 2 aliphatic heterocycles. The van der Waals surface area contributed by atoms with E-state index in [1.54, 1.807) is 0 Å². The lowest BCUT2D eigenvalue weighted by Crippen LogP contribution is -2.37. The molecular weight excluding hydrogens is 596 g/mol. The fourth-order valence-corrected chi connectivity index (χ4v) is 7.26. The Morgan fingerprint density at radius 3 is 1.23 bits per heavy atom. The van der Waals surface area contributed by atoms with Gasteiger partial charge in [0.2, 0.25) is 0 Å². The van der Waals surface area contributed by atoms with Gasteiger partial charge in [-0.25, -0.2) is 0 Å². The van der Waals surface area contributed by atoms with Crippen molar-refractivity contribution in [3.05, 3.63) is 59.7 Å². The Morgan fingerprint density at radius 1 is 0.542 bits per heavy atom. The second-order valence-electron chi connectivity index (χ2n) is 14.3. The summed E-state index contributed by atoms with van der Waals surface area (Å²) in [5, 5.41) is 0. The molecule has 0 bridgehead atoms. The van der Waals surface area contributed by atoms with Gasteiger partial charge >= 0.3 is 0 Å². The molecular formula is C42H64N2O4. The van der Waals surface area contributed by atoms with Gasteiger partial charge < -0.3 is 19.3 Å². The lowest BCUT2D eigenvalue weighted by Gasteiger charge is -2.29. The van der Waals surface area contributed by atoms with Crippen LogP contribution in [0.1, 0.15) is 137 Å². The number of ether oxygens (including phenoxy) is 2. The maximum Gasteiger partial charge on any atom is 0.167 e. The van der Waals surface area contributed by atoms with Gasteiger partial charge in [-0.3, -0.25) is 9.59 Å². The lowest BCUT2D eigenvalue weighted by molar-refractivity contribution is 0.0810. The number of hydrogen-bond acceptors (Lipinski definition) is 6. The van der Waals surface area contributed by atoms with Gasteiger partial charge in [-0.05, 0) is 126 Å². The summed E-state index contributed by atoms with van der Waals surface area (Å²) in [4.78, 5) is 33.4. The van der Waals surface area contributed by atoms with Crippen molar-refractivity contribution in [3.63, 3.8) is 0 Å². The van der Waals surface area contributed by atoms with Crippen molar-refractivity contribution in [3.8, 4) is 11.5 Å². The Labute approximate surface area is 291 Å². The molecule has 6 nitrogen and oxygen atoms in total. The number of ketones is 2. The molecule has 2 aromatic carbocycles. The zero-order valence-corrected chi connectivity index (χ0v) is 30.3. The molecule has 0 spiro atoms. The number of benzene rings is 2. The van der Waals surface area contributed by atoms with Gasteiger partial charge in [-0.1, -0.05) is 65.2 Å². The van der Waals surface area contributed by atoms with E-state index in [2.05, 4.69) is 23.6 Å². The van der Waals surface area contributed by atoms with E-state index < -0.39 is 0 Å². The second kappa shape index (κ2) is 22.1. The van der Waals surface area contributed by atoms with Gasteiger partial charge in [-0.2, -0.15) is 0 Å². The maximum absolute atomic E-state index is 14.2. The molecule has 2 fully saturated rings. The van der Waals surface area contributed by atoms with Crippen molar-refractivity contribution < 1.29 is 19.1 Å². The molecule has 2 aliphatic rings. The lowest BCUT2D eigenvalue weighted by atomic mass is 9.86. The largest absolute Gasteiger partial charge is 0.494 e. The number of rotatable bonds is 21. The minimum Gasteiger partial charge on any atom is -0.494 e. The van der Waals surface area contributed by atoms with Gasteiger partial charge in [0.15, 0.2) is 11.6 Å². The SMILES string of the molecule is CCCCCOc1ccc(C(=O)[C@H](CC[C@@H](CN2CCCCCC2)C(=O)c2ccc(OCCCCC)cc2)CN2CCCCCC2)cc1. The first-order chi connectivity index (χ1) is 23.6. The number of carbonyl (C=O) groups is 2. The van der Waals surface area contributed by atoms with Crippen LogP contribution in [0.25, 0.3) is 0 Å². The van der Waals surface area contributed by atoms with Crippen LogP contribution >= 0.6 is 0 Å². The first kappa shape index (κ1) is 38.1. The van der Waals surface area contributed by atoms with Crippen LogP contribution in [-0.4, -0.2) is 73.8 Å². The molecule has 0 unspecified atom stereocenters. The third-order valence-electron chi connectivity index (χ3n) is 10.3. The molecule has 0 aliphatic carbocycles. The van der Waals surface area contributed by atoms with Crippen LogP contribution in [-0.2, 0) is 0 Å². The van der Waals surface area contributed by atoms with Crippen LogP contribution in [0.15, 0.2) is 48.5 Å². The predicted molar refractivity (Wildman–Crippen MR) is 198 cm³/mol. The van der Waals surface area contributed by atoms with Crippen LogP contribution < -0.4 is 9.47 Å². The van der Waals surface area contributed by atoms with E-state index in [-0.39, 0.29) is 23.4 Å². The van der Waals surface area contributed by atoms with Gasteiger partial charge in [0.05, 0.1) is 13.2 Å². The Hall–Kier alpha value is -2.70. The van der Waals surface area contributed by atoms with Crippen molar-refractivity contribution in [1.29, 1.82) is 0 Å². The minimum atomic E-state index is -0.141. The number of likely N-dealkylation sites (tertiary alicyclic amines) is 2. The molecule has 266 valence electrons. The van der Waals surface area contributed by atoms with Crippen molar-refractivity contribution in [1.82, 2.24) is 9.80 Å². The van der Waals surface area contributed by atoms with Crippen LogP contribution in [0, 0.1) is 11.8 Å². The highest BCUT2D eigenvalue weighted by Gasteiger charge is 2.29. The quantitative estimate of drug-likeness (QED) is 0.0982. The van der Waals surface area contributed by atoms with Crippen molar-refractivity contribution in [2.24, 2.45) is 11.8 Å². The third-order valence-corrected chi connectivity index (χ3v) is 10.3. The smallest absolute Gasteiger partial charge is 0.167 e. The second-order valence-corrected chi connectivity index (χ2v) is 14.3. The summed E-state index contributed by atoms with van der Waals surface area (Å²) in [5.41, 5.74) is 1.50. The minimum absolute atomic E-state index is 0.141. The van der Waals surface area contributed by atoms with Crippen LogP contribution in [0.4, 0.5) is 0 Å². The van der Waals surface area contributed by atoms with Crippen molar-refractivity contribution >= 4 is 11.6 Å². The van der Waals surface area contributed by atoms with Crippen LogP contribution in [0.5, 0.6) is 11.5 Å². The number of Topliss-reactive ketones (excluding diaryl/α,β-unsaturated/α-hetero) is 2. The van der Waals surface area contributed by atoms with E-state index in [1.165, 1.54) is 64.2 Å². The Kier molecular flexibility index (Phi) is 17.5. The third kappa shape index (κ3) is 13.3. The molecule has 48 heavy (non-hydrogen) atoms. The monoisotopic (exact) mass is 660 g/mol. The number of nitrogens with zero attached hydrogens (tertiary/aromatic N) is 2. The van der Waals surface area contributed by atoms with E-state index in [0.29, 0.717) is 26.1 Å². The van der Waals surface area contributed by atoms with E-state index in [4.69, 9.17) is 9.47 Å². The maximum atomic E-state index is 14.2. The van der Waals surface area contributed by atoms with Crippen molar-refractivity contribution in [2.45, 2.75) is 117 Å². The van der Waals surface area contributed by atoms with Gasteiger partial charge in [0.25, 0.3) is 0 Å². The topological polar surface area (TPSA) is 59.1 Å². The predicted octanol–water partition coefficient (Wildman–Crippen LogP) is 9.65. The zero-order valence-electron chi connectivity index (χ0n) is 30.3. The molecule has 0 radical (unpaired) electrons. The molecule has 2 atom stereocenters. The summed E-state index contributed by atoms with van der Waals surface area (Å²) in [5.74, 6) is 1.76. The normalized spacial score (nSPS) is 17.6. The first-order valence-corrected chi connectivity index (χ1v) is 19.6. The summed E-state index contributed by atoms with van der Waals surface area (Å²) >= 11 is 0. The standard InChI is InChI=1S/C42H64N2O4/c1-3-5-15-31-47-39-23-19-35(20-24-39)41(45)37(33-43-27-11-7-8-12-28-43)17-18-38(34-44-29-13-9-10-14-30-44)42(46)36-21-25-40(26-22-36)48-32-16-6-4-2/h19-26,37-38H,3-18,27-34H2,1-2H3/t37-,38+. The van der Waals surface area contributed by atoms with Crippen LogP contribution in [0.3, 0.4) is 0 Å². The average molecular weight is 661 g/mol. The van der Waals surface area contributed by atoms with Crippen LogP contribution in [0.2, 0.25) is 0 Å². The molecule has 2 heterocycles. The van der Waals surface area contributed by atoms with E-state index in [9.17, 15) is 9.59 Å². The zero-order chi connectivity index (χ0) is 33.8. The summed E-state index contributed by atoms with van der Waals surface area (Å²) in [6.45, 7) is 11.5. The fourth-order valence-electron chi connectivity index (χ4n) is 7.26. The van der Waals surface area contributed by atoms with E-state index >= 15 is 0 Å². The highest BCUT2D eigenvalue weighted by molar-refractivity contribution is 5.99. The number of unbranched alkanes of at least 4 members (excludes halogenated alkanes) is 4. The molecule has 0 aromatic heterocycles. The fraction of sp³-hybridized carbons (Fsp3) is 0.667. The molecule has 2 saturated heterocycles. The Balaban J connectivity index is 1.48. The molecule has 4 rings (SSSR count). The van der Waals surface area contributed by atoms with Gasteiger partial charge in [-0.15, -0.1) is 0 Å². The molecule has 0 N–H and O–H groups in total. The Bertz CT molecular complexity index is 1070. The van der Waals surface area contributed by atoms with Crippen molar-refractivity contribution in [2.75, 3.05) is 52.5 Å². The average Bonchev–Trinajstić information content (AvgIpc) is 3.55.